The number of anilines is 2. The lowest BCUT2D eigenvalue weighted by atomic mass is 10.1. The van der Waals surface area contributed by atoms with Gasteiger partial charge in [0.1, 0.15) is 11.0 Å². The van der Waals surface area contributed by atoms with Crippen LogP contribution >= 0.6 is 0 Å². The first-order chi connectivity index (χ1) is 17.7. The minimum absolute atomic E-state index is 0.248. The number of pyridine rings is 1. The number of aliphatic hydroxyl groups is 1. The Kier molecular flexibility index (Phi) is 6.00. The molecule has 5 rings (SSSR count). The molecular weight excluding hydrogens is 470 g/mol. The molecule has 37 heavy (non-hydrogen) atoms. The molecule has 0 aliphatic carbocycles. The normalized spacial score (nSPS) is 13.7. The van der Waals surface area contributed by atoms with E-state index in [0.717, 1.165) is 11.3 Å². The zero-order valence-electron chi connectivity index (χ0n) is 21.0. The number of nitrogens with zero attached hydrogens (tertiary/aromatic N) is 7. The van der Waals surface area contributed by atoms with Gasteiger partial charge in [-0.25, -0.2) is 19.3 Å². The van der Waals surface area contributed by atoms with Gasteiger partial charge >= 0.3 is 0 Å². The van der Waals surface area contributed by atoms with Crippen LogP contribution in [0.4, 0.5) is 11.6 Å². The monoisotopic (exact) mass is 499 g/mol. The largest absolute Gasteiger partial charge is 0.384 e. The van der Waals surface area contributed by atoms with Crippen LogP contribution in [-0.2, 0) is 25.2 Å². The molecule has 0 bridgehead atoms. The van der Waals surface area contributed by atoms with Gasteiger partial charge in [-0.3, -0.25) is 9.79 Å². The Labute approximate surface area is 213 Å². The lowest BCUT2D eigenvalue weighted by molar-refractivity contribution is 0.0738. The van der Waals surface area contributed by atoms with Crippen LogP contribution in [0.5, 0.6) is 0 Å². The van der Waals surface area contributed by atoms with Crippen molar-refractivity contribution in [2.24, 2.45) is 10.7 Å². The van der Waals surface area contributed by atoms with E-state index in [9.17, 15) is 9.90 Å². The molecule has 4 heterocycles. The van der Waals surface area contributed by atoms with E-state index in [-0.39, 0.29) is 12.1 Å². The van der Waals surface area contributed by atoms with Gasteiger partial charge < -0.3 is 21.1 Å². The second-order valence-electron chi connectivity index (χ2n) is 9.41. The van der Waals surface area contributed by atoms with Crippen molar-refractivity contribution in [2.75, 3.05) is 12.4 Å². The molecule has 4 aromatic rings. The number of nitrogens with one attached hydrogen (secondary N) is 1. The quantitative estimate of drug-likeness (QED) is 0.209. The number of guanidine groups is 1. The Morgan fingerprint density at radius 2 is 2.03 bits per heavy atom. The number of allylic oxidation sites excluding steroid dienone is 1. The van der Waals surface area contributed by atoms with Gasteiger partial charge in [0.2, 0.25) is 5.95 Å². The number of aromatic nitrogens is 5. The van der Waals surface area contributed by atoms with Crippen LogP contribution < -0.4 is 16.6 Å². The minimum atomic E-state index is -1.15. The smallest absolute Gasteiger partial charge is 0.278 e. The minimum Gasteiger partial charge on any atom is -0.384 e. The van der Waals surface area contributed by atoms with Gasteiger partial charge in [0.15, 0.2) is 17.4 Å². The Morgan fingerprint density at radius 3 is 2.76 bits per heavy atom. The molecule has 0 spiro atoms. The lowest BCUT2D eigenvalue weighted by Gasteiger charge is -2.18. The number of fused-ring (bicyclic) bond motifs is 2. The Bertz CT molecular complexity index is 1590. The van der Waals surface area contributed by atoms with Gasteiger partial charge in [-0.15, -0.1) is 6.58 Å². The van der Waals surface area contributed by atoms with Crippen LogP contribution in [0.15, 0.2) is 65.0 Å². The van der Waals surface area contributed by atoms with Crippen molar-refractivity contribution in [1.29, 1.82) is 0 Å². The summed E-state index contributed by atoms with van der Waals surface area (Å²) in [5.41, 5.74) is 8.57. The highest BCUT2D eigenvalue weighted by Gasteiger charge is 2.23. The summed E-state index contributed by atoms with van der Waals surface area (Å²) < 4.78 is 3.13. The van der Waals surface area contributed by atoms with Crippen molar-refractivity contribution in [3.63, 3.8) is 0 Å². The van der Waals surface area contributed by atoms with E-state index in [1.807, 2.05) is 23.1 Å². The summed E-state index contributed by atoms with van der Waals surface area (Å²) >= 11 is 0. The van der Waals surface area contributed by atoms with Crippen molar-refractivity contribution in [3.8, 4) is 5.82 Å². The molecule has 0 saturated heterocycles. The van der Waals surface area contributed by atoms with Gasteiger partial charge in [0, 0.05) is 32.0 Å². The van der Waals surface area contributed by atoms with Crippen molar-refractivity contribution < 1.29 is 5.11 Å². The summed E-state index contributed by atoms with van der Waals surface area (Å²) in [5, 5.41) is 14.1. The van der Waals surface area contributed by atoms with Gasteiger partial charge in [0.05, 0.1) is 12.2 Å². The first-order valence-corrected chi connectivity index (χ1v) is 11.9. The van der Waals surface area contributed by atoms with Crippen LogP contribution in [0, 0.1) is 0 Å². The predicted octanol–water partition coefficient (Wildman–Crippen LogP) is 2.39. The average Bonchev–Trinajstić information content (AvgIpc) is 3.42. The molecule has 4 N–H and O–H groups in total. The van der Waals surface area contributed by atoms with Crippen molar-refractivity contribution in [2.45, 2.75) is 39.1 Å². The Morgan fingerprint density at radius 1 is 1.24 bits per heavy atom. The fourth-order valence-corrected chi connectivity index (χ4v) is 4.40. The number of rotatable bonds is 6. The van der Waals surface area contributed by atoms with E-state index in [1.165, 1.54) is 16.4 Å². The lowest BCUT2D eigenvalue weighted by Crippen LogP contribution is -2.32. The SMILES string of the molecule is C=CCn1c(=O)c2cnc(Nc3ccc4c(c3)CN(C(N)=NC)C4)nc2n1-c1cccc(C(C)(C)O)n1. The maximum Gasteiger partial charge on any atom is 0.278 e. The third-order valence-corrected chi connectivity index (χ3v) is 6.29. The summed E-state index contributed by atoms with van der Waals surface area (Å²) in [5.74, 6) is 1.29. The highest BCUT2D eigenvalue weighted by Crippen LogP contribution is 2.27. The van der Waals surface area contributed by atoms with E-state index in [1.54, 1.807) is 49.9 Å². The maximum atomic E-state index is 13.2. The highest BCUT2D eigenvalue weighted by molar-refractivity contribution is 5.79. The number of aliphatic imine (C=N–C) groups is 1. The molecule has 1 aromatic carbocycles. The van der Waals surface area contributed by atoms with E-state index < -0.39 is 5.60 Å². The number of benzene rings is 1. The van der Waals surface area contributed by atoms with E-state index in [4.69, 9.17) is 5.73 Å². The Hall–Kier alpha value is -4.51. The standard InChI is InChI=1S/C26H29N9O2/c1-5-11-34-23(36)19-13-29-25(30-18-10-9-16-14-33(24(27)28-4)15-17(16)12-18)32-22(19)35(34)21-8-6-7-20(31-21)26(2,3)37/h5-10,12-13,37H,1,11,14-15H2,2-4H3,(H2,27,28)(H,29,30,32). The second-order valence-corrected chi connectivity index (χ2v) is 9.41. The molecule has 0 atom stereocenters. The maximum absolute atomic E-state index is 13.2. The molecule has 190 valence electrons. The first-order valence-electron chi connectivity index (χ1n) is 11.9. The molecule has 3 aromatic heterocycles. The summed E-state index contributed by atoms with van der Waals surface area (Å²) in [6.45, 7) is 8.73. The van der Waals surface area contributed by atoms with Gasteiger partial charge in [-0.2, -0.15) is 4.98 Å². The molecule has 11 heteroatoms. The molecular formula is C26H29N9O2. The van der Waals surface area contributed by atoms with E-state index in [2.05, 4.69) is 31.8 Å². The van der Waals surface area contributed by atoms with Gasteiger partial charge in [-0.1, -0.05) is 18.2 Å². The summed E-state index contributed by atoms with van der Waals surface area (Å²) in [6, 6.07) is 11.3. The third kappa shape index (κ3) is 4.45. The highest BCUT2D eigenvalue weighted by atomic mass is 16.3. The Balaban J connectivity index is 1.55. The summed E-state index contributed by atoms with van der Waals surface area (Å²) in [7, 11) is 1.68. The van der Waals surface area contributed by atoms with Crippen LogP contribution in [0.25, 0.3) is 16.9 Å². The predicted molar refractivity (Wildman–Crippen MR) is 143 cm³/mol. The van der Waals surface area contributed by atoms with Crippen LogP contribution in [-0.4, -0.2) is 47.3 Å². The zero-order chi connectivity index (χ0) is 26.3. The number of hydrogen-bond donors (Lipinski definition) is 3. The molecule has 1 aliphatic heterocycles. The zero-order valence-corrected chi connectivity index (χ0v) is 21.0. The van der Waals surface area contributed by atoms with E-state index >= 15 is 0 Å². The van der Waals surface area contributed by atoms with Crippen molar-refractivity contribution >= 4 is 28.6 Å². The molecule has 0 radical (unpaired) electrons. The first kappa shape index (κ1) is 24.2. The molecule has 1 aliphatic rings. The fourth-order valence-electron chi connectivity index (χ4n) is 4.40. The van der Waals surface area contributed by atoms with Gasteiger partial charge in [0.25, 0.3) is 5.56 Å². The van der Waals surface area contributed by atoms with Crippen molar-refractivity contribution in [1.82, 2.24) is 29.2 Å². The number of hydrogen-bond acceptors (Lipinski definition) is 7. The van der Waals surface area contributed by atoms with Crippen LogP contribution in [0.2, 0.25) is 0 Å². The van der Waals surface area contributed by atoms with Crippen LogP contribution in [0.1, 0.15) is 30.7 Å². The third-order valence-electron chi connectivity index (χ3n) is 6.29. The number of nitrogens with two attached hydrogens (primary N) is 1. The summed E-state index contributed by atoms with van der Waals surface area (Å²) in [6.07, 6.45) is 3.14. The van der Waals surface area contributed by atoms with Crippen LogP contribution in [0.3, 0.4) is 0 Å². The molecule has 11 nitrogen and oxygen atoms in total. The fraction of sp³-hybridized carbons (Fsp3) is 0.269. The summed E-state index contributed by atoms with van der Waals surface area (Å²) in [4.78, 5) is 33.0. The molecule has 0 saturated carbocycles. The average molecular weight is 500 g/mol. The molecule has 0 unspecified atom stereocenters. The van der Waals surface area contributed by atoms with Crippen molar-refractivity contribution in [3.05, 3.63) is 82.4 Å². The van der Waals surface area contributed by atoms with Gasteiger partial charge in [-0.05, 0) is 49.2 Å². The molecule has 0 fully saturated rings. The topological polar surface area (TPSA) is 139 Å². The molecule has 0 amide bonds. The van der Waals surface area contributed by atoms with E-state index in [0.29, 0.717) is 47.5 Å². The second kappa shape index (κ2) is 9.17.